The lowest BCUT2D eigenvalue weighted by atomic mass is 10.0. The monoisotopic (exact) mass is 427 g/mol. The van der Waals surface area contributed by atoms with Crippen LogP contribution in [0.2, 0.25) is 0 Å². The van der Waals surface area contributed by atoms with Gasteiger partial charge in [0.1, 0.15) is 11.6 Å². The predicted molar refractivity (Wildman–Crippen MR) is 134 cm³/mol. The van der Waals surface area contributed by atoms with Gasteiger partial charge < -0.3 is 9.80 Å². The molecule has 1 aliphatic carbocycles. The maximum atomic E-state index is 5.04. The van der Waals surface area contributed by atoms with Gasteiger partial charge in [0, 0.05) is 24.5 Å². The molecule has 32 heavy (non-hydrogen) atoms. The van der Waals surface area contributed by atoms with E-state index in [2.05, 4.69) is 85.6 Å². The molecule has 0 aliphatic heterocycles. The molecular weight excluding hydrogens is 394 g/mol. The molecule has 0 radical (unpaired) electrons. The fourth-order valence-electron chi connectivity index (χ4n) is 5.05. The minimum Gasteiger partial charge on any atom is -0.352 e. The molecule has 1 aliphatic rings. The average molecular weight is 428 g/mol. The van der Waals surface area contributed by atoms with E-state index < -0.39 is 0 Å². The number of fused-ring (bicyclic) bond motifs is 3. The van der Waals surface area contributed by atoms with Crippen molar-refractivity contribution in [2.24, 2.45) is 0 Å². The van der Waals surface area contributed by atoms with Crippen molar-refractivity contribution >= 4 is 27.8 Å². The van der Waals surface area contributed by atoms with E-state index in [1.54, 1.807) is 0 Å². The summed E-state index contributed by atoms with van der Waals surface area (Å²) >= 11 is 0. The van der Waals surface area contributed by atoms with E-state index in [1.165, 1.54) is 51.5 Å². The maximum absolute atomic E-state index is 5.04. The predicted octanol–water partition coefficient (Wildman–Crippen LogP) is 5.34. The number of para-hydroxylation sites is 1. The summed E-state index contributed by atoms with van der Waals surface area (Å²) in [6.45, 7) is 10.6. The highest BCUT2D eigenvalue weighted by Gasteiger charge is 2.32. The molecule has 166 valence electrons. The number of hydrogen-bond donors (Lipinski definition) is 0. The second-order valence-corrected chi connectivity index (χ2v) is 9.62. The van der Waals surface area contributed by atoms with Crippen molar-refractivity contribution in [3.8, 4) is 5.69 Å². The van der Waals surface area contributed by atoms with Crippen LogP contribution in [0.3, 0.4) is 0 Å². The number of hydrogen-bond acceptors (Lipinski definition) is 4. The van der Waals surface area contributed by atoms with Crippen LogP contribution >= 0.6 is 0 Å². The second kappa shape index (κ2) is 7.89. The molecule has 0 bridgehead atoms. The van der Waals surface area contributed by atoms with E-state index in [-0.39, 0.29) is 0 Å². The van der Waals surface area contributed by atoms with Gasteiger partial charge >= 0.3 is 0 Å². The van der Waals surface area contributed by atoms with E-state index in [9.17, 15) is 0 Å². The maximum Gasteiger partial charge on any atom is 0.151 e. The minimum absolute atomic E-state index is 0.581. The Labute approximate surface area is 190 Å². The molecule has 2 aromatic heterocycles. The van der Waals surface area contributed by atoms with Crippen LogP contribution in [0, 0.1) is 27.7 Å². The van der Waals surface area contributed by atoms with Gasteiger partial charge in [0.15, 0.2) is 5.65 Å². The SMILES string of the molecule is Cc1cc(C)c(-n2c3ccccc3c3c(N(CCN(C)C)C4CC4)nc(C)nc32)c(C)c1. The highest BCUT2D eigenvalue weighted by molar-refractivity contribution is 6.13. The molecule has 5 nitrogen and oxygen atoms in total. The van der Waals surface area contributed by atoms with Gasteiger partial charge in [-0.2, -0.15) is 0 Å². The largest absolute Gasteiger partial charge is 0.352 e. The molecule has 1 saturated carbocycles. The Morgan fingerprint density at radius 3 is 2.28 bits per heavy atom. The molecular formula is C27H33N5. The lowest BCUT2D eigenvalue weighted by Gasteiger charge is -2.26. The van der Waals surface area contributed by atoms with E-state index >= 15 is 0 Å². The van der Waals surface area contributed by atoms with Crippen LogP contribution in [0.25, 0.3) is 27.6 Å². The molecule has 0 saturated heterocycles. The van der Waals surface area contributed by atoms with Crippen LogP contribution in [-0.4, -0.2) is 52.7 Å². The first-order chi connectivity index (χ1) is 15.3. The highest BCUT2D eigenvalue weighted by atomic mass is 15.3. The summed E-state index contributed by atoms with van der Waals surface area (Å²) < 4.78 is 2.37. The summed E-state index contributed by atoms with van der Waals surface area (Å²) in [7, 11) is 4.28. The van der Waals surface area contributed by atoms with Gasteiger partial charge in [0.2, 0.25) is 0 Å². The van der Waals surface area contributed by atoms with Crippen LogP contribution in [0.5, 0.6) is 0 Å². The van der Waals surface area contributed by atoms with Gasteiger partial charge in [-0.05, 0) is 71.8 Å². The third kappa shape index (κ3) is 3.55. The summed E-state index contributed by atoms with van der Waals surface area (Å²) in [5, 5.41) is 2.41. The standard InChI is InChI=1S/C27H33N5/c1-17-15-18(2)25(19(3)16-17)32-23-10-8-7-9-22(23)24-26(28-20(4)29-27(24)32)31(21-11-12-21)14-13-30(5)6/h7-10,15-16,21H,11-14H2,1-6H3. The van der Waals surface area contributed by atoms with Crippen molar-refractivity contribution in [3.05, 3.63) is 58.9 Å². The second-order valence-electron chi connectivity index (χ2n) is 9.62. The first kappa shape index (κ1) is 21.0. The van der Waals surface area contributed by atoms with Crippen molar-refractivity contribution in [2.75, 3.05) is 32.1 Å². The van der Waals surface area contributed by atoms with Crippen LogP contribution in [-0.2, 0) is 0 Å². The van der Waals surface area contributed by atoms with Crippen LogP contribution in [0.15, 0.2) is 36.4 Å². The van der Waals surface area contributed by atoms with Gasteiger partial charge in [-0.1, -0.05) is 35.9 Å². The number of anilines is 1. The highest BCUT2D eigenvalue weighted by Crippen LogP contribution is 2.40. The molecule has 2 aromatic carbocycles. The van der Waals surface area contributed by atoms with Crippen molar-refractivity contribution in [3.63, 3.8) is 0 Å². The van der Waals surface area contributed by atoms with Gasteiger partial charge in [-0.25, -0.2) is 9.97 Å². The third-order valence-electron chi connectivity index (χ3n) is 6.52. The zero-order chi connectivity index (χ0) is 22.6. The number of likely N-dealkylation sites (N-methyl/N-ethyl adjacent to an activating group) is 1. The Balaban J connectivity index is 1.84. The Morgan fingerprint density at radius 2 is 1.62 bits per heavy atom. The van der Waals surface area contributed by atoms with Gasteiger partial charge in [0.25, 0.3) is 0 Å². The molecule has 5 heteroatoms. The summed E-state index contributed by atoms with van der Waals surface area (Å²) in [5.41, 5.74) is 7.28. The summed E-state index contributed by atoms with van der Waals surface area (Å²) in [4.78, 5) is 14.8. The first-order valence-electron chi connectivity index (χ1n) is 11.6. The summed E-state index contributed by atoms with van der Waals surface area (Å²) in [6.07, 6.45) is 2.49. The molecule has 0 amide bonds. The van der Waals surface area contributed by atoms with E-state index in [4.69, 9.17) is 9.97 Å². The lowest BCUT2D eigenvalue weighted by molar-refractivity contribution is 0.412. The Hall–Kier alpha value is -2.92. The van der Waals surface area contributed by atoms with Crippen molar-refractivity contribution in [2.45, 2.75) is 46.6 Å². The van der Waals surface area contributed by atoms with Crippen molar-refractivity contribution < 1.29 is 0 Å². The topological polar surface area (TPSA) is 37.2 Å². The van der Waals surface area contributed by atoms with Gasteiger partial charge in [-0.15, -0.1) is 0 Å². The van der Waals surface area contributed by atoms with Crippen LogP contribution in [0.1, 0.15) is 35.4 Å². The number of nitrogens with zero attached hydrogens (tertiary/aromatic N) is 5. The fraction of sp³-hybridized carbons (Fsp3) is 0.407. The molecule has 0 atom stereocenters. The zero-order valence-corrected chi connectivity index (χ0v) is 20.1. The lowest BCUT2D eigenvalue weighted by Crippen LogP contribution is -2.34. The first-order valence-corrected chi connectivity index (χ1v) is 11.6. The van der Waals surface area contributed by atoms with E-state index in [1.807, 2.05) is 6.92 Å². The van der Waals surface area contributed by atoms with Crippen molar-refractivity contribution in [1.29, 1.82) is 0 Å². The number of aryl methyl sites for hydroxylation is 4. The molecule has 4 aromatic rings. The fourth-order valence-corrected chi connectivity index (χ4v) is 5.05. The Kier molecular flexibility index (Phi) is 5.17. The molecule has 5 rings (SSSR count). The molecule has 0 N–H and O–H groups in total. The zero-order valence-electron chi connectivity index (χ0n) is 20.1. The van der Waals surface area contributed by atoms with Crippen molar-refractivity contribution in [1.82, 2.24) is 19.4 Å². The van der Waals surface area contributed by atoms with E-state index in [0.717, 1.165) is 30.4 Å². The smallest absolute Gasteiger partial charge is 0.151 e. The summed E-state index contributed by atoms with van der Waals surface area (Å²) in [6, 6.07) is 13.8. The Bertz CT molecular complexity index is 1290. The number of rotatable bonds is 6. The normalized spacial score (nSPS) is 14.1. The molecule has 2 heterocycles. The number of aromatic nitrogens is 3. The van der Waals surface area contributed by atoms with Crippen LogP contribution in [0.4, 0.5) is 5.82 Å². The molecule has 1 fully saturated rings. The van der Waals surface area contributed by atoms with Gasteiger partial charge in [0.05, 0.1) is 16.6 Å². The Morgan fingerprint density at radius 1 is 0.938 bits per heavy atom. The summed E-state index contributed by atoms with van der Waals surface area (Å²) in [5.74, 6) is 1.92. The van der Waals surface area contributed by atoms with Gasteiger partial charge in [-0.3, -0.25) is 4.57 Å². The average Bonchev–Trinajstić information content (AvgIpc) is 3.51. The van der Waals surface area contributed by atoms with Crippen LogP contribution < -0.4 is 4.90 Å². The number of benzene rings is 2. The molecule has 0 unspecified atom stereocenters. The third-order valence-corrected chi connectivity index (χ3v) is 6.52. The quantitative estimate of drug-likeness (QED) is 0.416. The van der Waals surface area contributed by atoms with E-state index in [0.29, 0.717) is 6.04 Å². The minimum atomic E-state index is 0.581. The molecule has 0 spiro atoms.